The molecule has 5 nitrogen and oxygen atoms in total. The van der Waals surface area contributed by atoms with Crippen LogP contribution in [-0.4, -0.2) is 44.1 Å². The lowest BCUT2D eigenvalue weighted by Gasteiger charge is -2.18. The first-order valence-electron chi connectivity index (χ1n) is 9.25. The van der Waals surface area contributed by atoms with Gasteiger partial charge in [0.1, 0.15) is 12.4 Å². The van der Waals surface area contributed by atoms with Gasteiger partial charge in [0.25, 0.3) is 0 Å². The number of sulfone groups is 1. The van der Waals surface area contributed by atoms with Crippen molar-refractivity contribution in [1.29, 1.82) is 0 Å². The van der Waals surface area contributed by atoms with Crippen molar-refractivity contribution in [2.45, 2.75) is 13.0 Å². The van der Waals surface area contributed by atoms with Crippen molar-refractivity contribution in [3.63, 3.8) is 0 Å². The summed E-state index contributed by atoms with van der Waals surface area (Å²) in [6.45, 7) is 2.13. The first-order chi connectivity index (χ1) is 14.0. The van der Waals surface area contributed by atoms with Crippen molar-refractivity contribution in [3.8, 4) is 23.7 Å². The van der Waals surface area contributed by atoms with Crippen molar-refractivity contribution in [2.75, 3.05) is 24.7 Å². The maximum atomic E-state index is 12.1. The molecule has 0 saturated carbocycles. The third-order valence-corrected chi connectivity index (χ3v) is 5.98. The van der Waals surface area contributed by atoms with Crippen LogP contribution in [0.1, 0.15) is 29.7 Å². The van der Waals surface area contributed by atoms with Gasteiger partial charge in [-0.3, -0.25) is 4.90 Å². The van der Waals surface area contributed by atoms with Gasteiger partial charge in [-0.25, -0.2) is 13.2 Å². The number of carbonyl (C=O) groups is 1. The number of hydrogen-bond donors (Lipinski definition) is 0. The van der Waals surface area contributed by atoms with Crippen LogP contribution in [0, 0.1) is 23.7 Å². The number of rotatable bonds is 4. The number of hydrogen-bond acceptors (Lipinski definition) is 4. The van der Waals surface area contributed by atoms with Gasteiger partial charge in [-0.1, -0.05) is 73.1 Å². The number of cyclic esters (lactones) is 1. The molecule has 2 aromatic carbocycles. The largest absolute Gasteiger partial charge is 0.447 e. The molecule has 2 aromatic rings. The van der Waals surface area contributed by atoms with Crippen LogP contribution >= 0.6 is 0 Å². The lowest BCUT2D eigenvalue weighted by atomic mass is 10.1. The number of amides is 1. The van der Waals surface area contributed by atoms with Gasteiger partial charge in [-0.15, -0.1) is 0 Å². The highest BCUT2D eigenvalue weighted by atomic mass is 32.2. The summed E-state index contributed by atoms with van der Waals surface area (Å²) in [4.78, 5) is 13.7. The van der Waals surface area contributed by atoms with Crippen LogP contribution in [0.3, 0.4) is 0 Å². The van der Waals surface area contributed by atoms with E-state index in [1.807, 2.05) is 48.5 Å². The maximum Gasteiger partial charge on any atom is 0.411 e. The Labute approximate surface area is 171 Å². The monoisotopic (exact) mass is 407 g/mol. The summed E-state index contributed by atoms with van der Waals surface area (Å²) in [5.74, 6) is 11.6. The van der Waals surface area contributed by atoms with E-state index in [0.29, 0.717) is 17.7 Å². The van der Waals surface area contributed by atoms with Gasteiger partial charge in [0.15, 0.2) is 9.84 Å². The molecule has 0 aromatic heterocycles. The molecule has 3 rings (SSSR count). The smallest absolute Gasteiger partial charge is 0.411 e. The van der Waals surface area contributed by atoms with E-state index in [4.69, 9.17) is 4.74 Å². The summed E-state index contributed by atoms with van der Waals surface area (Å²) in [7, 11) is -3.14. The van der Waals surface area contributed by atoms with E-state index in [2.05, 4.69) is 23.7 Å². The van der Waals surface area contributed by atoms with E-state index in [1.54, 1.807) is 17.9 Å². The van der Waals surface area contributed by atoms with Crippen molar-refractivity contribution in [2.24, 2.45) is 0 Å². The molecule has 29 heavy (non-hydrogen) atoms. The van der Waals surface area contributed by atoms with Gasteiger partial charge >= 0.3 is 6.09 Å². The number of benzene rings is 2. The topological polar surface area (TPSA) is 63.7 Å². The number of nitrogens with zero attached hydrogens (tertiary/aromatic N) is 1. The molecule has 6 heteroatoms. The fraction of sp³-hybridized carbons (Fsp3) is 0.261. The van der Waals surface area contributed by atoms with Gasteiger partial charge in [0, 0.05) is 16.9 Å². The summed E-state index contributed by atoms with van der Waals surface area (Å²) in [6.07, 6.45) is -0.383. The first-order valence-corrected chi connectivity index (χ1v) is 11.1. The average molecular weight is 407 g/mol. The van der Waals surface area contributed by atoms with Crippen molar-refractivity contribution in [1.82, 2.24) is 4.90 Å². The van der Waals surface area contributed by atoms with Gasteiger partial charge in [-0.2, -0.15) is 0 Å². The Bertz CT molecular complexity index is 1100. The third kappa shape index (κ3) is 5.40. The lowest BCUT2D eigenvalue weighted by Crippen LogP contribution is -2.27. The fourth-order valence-corrected chi connectivity index (χ4v) is 3.34. The molecular weight excluding hydrogens is 386 g/mol. The third-order valence-electron chi connectivity index (χ3n) is 4.51. The average Bonchev–Trinajstić information content (AvgIpc) is 3.10. The van der Waals surface area contributed by atoms with Crippen LogP contribution in [0.5, 0.6) is 0 Å². The molecule has 1 fully saturated rings. The van der Waals surface area contributed by atoms with E-state index < -0.39 is 9.84 Å². The summed E-state index contributed by atoms with van der Waals surface area (Å²) in [5, 5.41) is 0. The first kappa shape index (κ1) is 20.5. The minimum absolute atomic E-state index is 0.0671. The second-order valence-corrected chi connectivity index (χ2v) is 8.81. The molecule has 0 N–H and O–H groups in total. The van der Waals surface area contributed by atoms with Gasteiger partial charge < -0.3 is 4.74 Å². The summed E-state index contributed by atoms with van der Waals surface area (Å²) >= 11 is 0. The highest BCUT2D eigenvalue weighted by Crippen LogP contribution is 2.26. The van der Waals surface area contributed by atoms with Gasteiger partial charge in [-0.05, 0) is 17.7 Å². The zero-order valence-electron chi connectivity index (χ0n) is 16.1. The van der Waals surface area contributed by atoms with Crippen molar-refractivity contribution in [3.05, 3.63) is 71.3 Å². The van der Waals surface area contributed by atoms with Crippen LogP contribution in [0.25, 0.3) is 0 Å². The zero-order chi connectivity index (χ0) is 20.7. The Hall–Kier alpha value is -3.22. The van der Waals surface area contributed by atoms with Crippen LogP contribution in [0.15, 0.2) is 54.6 Å². The van der Waals surface area contributed by atoms with Crippen LogP contribution in [0.4, 0.5) is 4.79 Å². The predicted octanol–water partition coefficient (Wildman–Crippen LogP) is 3.02. The molecule has 1 heterocycles. The fourth-order valence-electron chi connectivity index (χ4n) is 2.84. The summed E-state index contributed by atoms with van der Waals surface area (Å²) < 4.78 is 28.4. The van der Waals surface area contributed by atoms with E-state index >= 15 is 0 Å². The molecule has 1 saturated heterocycles. The molecule has 0 bridgehead atoms. The maximum absolute atomic E-state index is 12.1. The summed E-state index contributed by atoms with van der Waals surface area (Å²) in [5.41, 5.74) is 2.36. The highest BCUT2D eigenvalue weighted by Gasteiger charge is 2.33. The second-order valence-electron chi connectivity index (χ2n) is 6.46. The molecule has 0 spiro atoms. The molecule has 1 aliphatic rings. The lowest BCUT2D eigenvalue weighted by molar-refractivity contribution is 0.161. The van der Waals surface area contributed by atoms with E-state index in [-0.39, 0.29) is 30.2 Å². The Morgan fingerprint density at radius 3 is 2.28 bits per heavy atom. The molecule has 0 aliphatic carbocycles. The SMILES string of the molecule is CCS(=O)(=O)CC#Cc1ccccc1C#CCN1C(=O)OC[C@@H]1c1ccccc1. The second kappa shape index (κ2) is 9.32. The number of ether oxygens (including phenoxy) is 1. The van der Waals surface area contributed by atoms with Crippen molar-refractivity contribution < 1.29 is 17.9 Å². The minimum Gasteiger partial charge on any atom is -0.447 e. The molecule has 1 atom stereocenters. The molecule has 1 amide bonds. The molecule has 0 radical (unpaired) electrons. The van der Waals surface area contributed by atoms with E-state index in [0.717, 1.165) is 5.56 Å². The Morgan fingerprint density at radius 2 is 1.62 bits per heavy atom. The van der Waals surface area contributed by atoms with Gasteiger partial charge in [0.2, 0.25) is 0 Å². The van der Waals surface area contributed by atoms with E-state index in [1.165, 1.54) is 0 Å². The Balaban J connectivity index is 1.75. The standard InChI is InChI=1S/C23H21NO4S/c1-2-29(26,27)17-9-15-20-11-7-6-10-19(20)14-8-16-24-22(18-28-23(24)25)21-12-4-3-5-13-21/h3-7,10-13,22H,2,16-18H2,1H3/t22-/m1/s1. The zero-order valence-corrected chi connectivity index (χ0v) is 16.9. The highest BCUT2D eigenvalue weighted by molar-refractivity contribution is 7.91. The molecule has 0 unspecified atom stereocenters. The Kier molecular flexibility index (Phi) is 6.59. The number of carbonyl (C=O) groups excluding carboxylic acids is 1. The quantitative estimate of drug-likeness (QED) is 0.731. The minimum atomic E-state index is -3.14. The van der Waals surface area contributed by atoms with Gasteiger partial charge in [0.05, 0.1) is 12.6 Å². The molecular formula is C23H21NO4S. The van der Waals surface area contributed by atoms with Crippen LogP contribution in [0.2, 0.25) is 0 Å². The van der Waals surface area contributed by atoms with E-state index in [9.17, 15) is 13.2 Å². The molecule has 1 aliphatic heterocycles. The molecule has 148 valence electrons. The Morgan fingerprint density at radius 1 is 1.00 bits per heavy atom. The van der Waals surface area contributed by atoms with Crippen molar-refractivity contribution >= 4 is 15.9 Å². The summed E-state index contributed by atoms with van der Waals surface area (Å²) in [6, 6.07) is 16.8. The van der Waals surface area contributed by atoms with Crippen LogP contribution < -0.4 is 0 Å². The predicted molar refractivity (Wildman–Crippen MR) is 112 cm³/mol. The normalized spacial score (nSPS) is 15.7. The van der Waals surface area contributed by atoms with Crippen LogP contribution in [-0.2, 0) is 14.6 Å².